The van der Waals surface area contributed by atoms with Gasteiger partial charge in [0, 0.05) is 28.5 Å². The minimum Gasteiger partial charge on any atom is -0.375 e. The molecule has 0 bridgehead atoms. The van der Waals surface area contributed by atoms with E-state index >= 15 is 0 Å². The van der Waals surface area contributed by atoms with Gasteiger partial charge in [-0.05, 0) is 53.1 Å². The molecule has 0 saturated carbocycles. The Morgan fingerprint density at radius 3 is 2.88 bits per heavy atom. The van der Waals surface area contributed by atoms with Crippen molar-refractivity contribution < 1.29 is 0 Å². The first-order valence-corrected chi connectivity index (χ1v) is 11.3. The van der Waals surface area contributed by atoms with Crippen molar-refractivity contribution in [3.8, 4) is 27.4 Å². The van der Waals surface area contributed by atoms with E-state index in [1.54, 1.807) is 33.8 Å². The average molecular weight is 478 g/mol. The lowest BCUT2D eigenvalue weighted by Gasteiger charge is -2.15. The van der Waals surface area contributed by atoms with Crippen molar-refractivity contribution in [2.24, 2.45) is 0 Å². The van der Waals surface area contributed by atoms with Crippen LogP contribution >= 0.6 is 22.9 Å². The van der Waals surface area contributed by atoms with E-state index in [0.717, 1.165) is 51.7 Å². The van der Waals surface area contributed by atoms with Crippen molar-refractivity contribution in [2.75, 3.05) is 5.73 Å². The minimum atomic E-state index is -0.168. The number of hydrogen-bond donors (Lipinski definition) is 2. The Morgan fingerprint density at radius 2 is 2.09 bits per heavy atom. The van der Waals surface area contributed by atoms with Crippen LogP contribution in [-0.4, -0.2) is 39.7 Å². The molecule has 0 fully saturated rings. The van der Waals surface area contributed by atoms with Crippen LogP contribution in [0.4, 0.5) is 5.13 Å². The number of rotatable bonds is 4. The molecule has 12 heteroatoms. The van der Waals surface area contributed by atoms with Crippen LogP contribution in [0.2, 0.25) is 5.02 Å². The second-order valence-electron chi connectivity index (χ2n) is 7.66. The summed E-state index contributed by atoms with van der Waals surface area (Å²) in [5, 5.41) is 12.5. The number of nitrogens with two attached hydrogens (primary N) is 1. The summed E-state index contributed by atoms with van der Waals surface area (Å²) in [6.45, 7) is 0. The zero-order valence-electron chi connectivity index (χ0n) is 17.0. The molecule has 0 amide bonds. The Labute approximate surface area is 195 Å². The molecule has 0 radical (unpaired) electrons. The van der Waals surface area contributed by atoms with E-state index in [9.17, 15) is 4.79 Å². The second kappa shape index (κ2) is 7.64. The van der Waals surface area contributed by atoms with Crippen molar-refractivity contribution in [1.82, 2.24) is 39.7 Å². The van der Waals surface area contributed by atoms with E-state index in [2.05, 4.69) is 30.5 Å². The smallest absolute Gasteiger partial charge is 0.252 e. The third kappa shape index (κ3) is 3.41. The molecule has 1 atom stereocenters. The molecule has 164 valence electrons. The molecule has 10 nitrogen and oxygen atoms in total. The molecule has 0 spiro atoms. The maximum Gasteiger partial charge on any atom is 0.252 e. The summed E-state index contributed by atoms with van der Waals surface area (Å²) >= 11 is 7.66. The van der Waals surface area contributed by atoms with Gasteiger partial charge in [-0.15, -0.1) is 5.10 Å². The predicted octanol–water partition coefficient (Wildman–Crippen LogP) is 3.11. The minimum absolute atomic E-state index is 0.104. The van der Waals surface area contributed by atoms with Gasteiger partial charge >= 0.3 is 0 Å². The number of nitrogens with one attached hydrogen (secondary N) is 1. The summed E-state index contributed by atoms with van der Waals surface area (Å²) in [5.74, 6) is 0.739. The topological polar surface area (TPSA) is 133 Å². The highest BCUT2D eigenvalue weighted by atomic mass is 35.5. The number of tetrazole rings is 1. The molecule has 3 N–H and O–H groups in total. The van der Waals surface area contributed by atoms with Crippen LogP contribution < -0.4 is 11.3 Å². The lowest BCUT2D eigenvalue weighted by atomic mass is 10.0. The molecule has 1 aliphatic rings. The summed E-state index contributed by atoms with van der Waals surface area (Å²) in [4.78, 5) is 26.1. The van der Waals surface area contributed by atoms with Gasteiger partial charge in [0.2, 0.25) is 0 Å². The van der Waals surface area contributed by atoms with Crippen LogP contribution in [-0.2, 0) is 6.42 Å². The number of aromatic nitrogens is 8. The van der Waals surface area contributed by atoms with Crippen molar-refractivity contribution in [1.29, 1.82) is 0 Å². The molecular formula is C21H16ClN9OS. The number of imidazole rings is 1. The van der Waals surface area contributed by atoms with Crippen LogP contribution in [0.5, 0.6) is 0 Å². The van der Waals surface area contributed by atoms with E-state index in [4.69, 9.17) is 17.3 Å². The van der Waals surface area contributed by atoms with Gasteiger partial charge in [-0.1, -0.05) is 22.9 Å². The van der Waals surface area contributed by atoms with E-state index in [1.807, 2.05) is 18.2 Å². The molecule has 5 aromatic rings. The van der Waals surface area contributed by atoms with Crippen molar-refractivity contribution in [3.05, 3.63) is 75.9 Å². The zero-order chi connectivity index (χ0) is 22.5. The third-order valence-corrected chi connectivity index (χ3v) is 6.79. The number of nitrogen functional groups attached to an aromatic ring is 1. The second-order valence-corrected chi connectivity index (χ2v) is 9.16. The molecule has 0 unspecified atom stereocenters. The van der Waals surface area contributed by atoms with Crippen molar-refractivity contribution in [3.63, 3.8) is 0 Å². The Bertz CT molecular complexity index is 1540. The lowest BCUT2D eigenvalue weighted by molar-refractivity contribution is 0.572. The fourth-order valence-electron chi connectivity index (χ4n) is 4.26. The molecule has 1 aliphatic heterocycles. The number of aromatic amines is 1. The third-order valence-electron chi connectivity index (χ3n) is 5.70. The summed E-state index contributed by atoms with van der Waals surface area (Å²) in [6, 6.07) is 8.89. The zero-order valence-corrected chi connectivity index (χ0v) is 18.6. The molecule has 0 saturated heterocycles. The lowest BCUT2D eigenvalue weighted by Crippen LogP contribution is -2.23. The number of hydrogen-bond acceptors (Lipinski definition) is 8. The quantitative estimate of drug-likeness (QED) is 0.406. The highest BCUT2D eigenvalue weighted by Gasteiger charge is 2.28. The van der Waals surface area contributed by atoms with Crippen LogP contribution in [0.15, 0.2) is 53.8 Å². The molecule has 4 aromatic heterocycles. The van der Waals surface area contributed by atoms with Crippen LogP contribution in [0, 0.1) is 0 Å². The average Bonchev–Trinajstić information content (AvgIpc) is 3.59. The summed E-state index contributed by atoms with van der Waals surface area (Å²) < 4.78 is 3.35. The normalized spacial score (nSPS) is 15.1. The van der Waals surface area contributed by atoms with Crippen molar-refractivity contribution in [2.45, 2.75) is 18.9 Å². The van der Waals surface area contributed by atoms with Crippen LogP contribution in [0.3, 0.4) is 0 Å². The largest absolute Gasteiger partial charge is 0.375 e. The van der Waals surface area contributed by atoms with Crippen molar-refractivity contribution >= 4 is 28.1 Å². The van der Waals surface area contributed by atoms with Gasteiger partial charge in [-0.25, -0.2) is 9.97 Å². The fraction of sp³-hybridized carbons (Fsp3) is 0.143. The van der Waals surface area contributed by atoms with Gasteiger partial charge in [0.05, 0.1) is 28.5 Å². The first kappa shape index (κ1) is 19.8. The van der Waals surface area contributed by atoms with E-state index in [-0.39, 0.29) is 11.6 Å². The monoisotopic (exact) mass is 477 g/mol. The number of halogens is 1. The van der Waals surface area contributed by atoms with Gasteiger partial charge in [0.1, 0.15) is 12.2 Å². The van der Waals surface area contributed by atoms with E-state index in [0.29, 0.717) is 10.2 Å². The molecule has 33 heavy (non-hydrogen) atoms. The standard InChI is InChI=1S/C21H16ClN9OS/c22-12-1-3-16(30-10-26-28-29-30)14(7-12)11-5-13-2-4-17(31(13)19(32)6-11)20-24-8-15(27-20)18-9-25-21(23)33-18/h1,3,5-10,17H,2,4H2,(H2,23,25)(H,24,27)/t17-/m0/s1. The van der Waals surface area contributed by atoms with E-state index < -0.39 is 0 Å². The number of H-pyrrole nitrogens is 1. The highest BCUT2D eigenvalue weighted by Crippen LogP contribution is 2.35. The number of pyridine rings is 1. The van der Waals surface area contributed by atoms with Gasteiger partial charge in [0.15, 0.2) is 5.13 Å². The SMILES string of the molecule is Nc1ncc(-c2cnc([C@@H]3CCc4cc(-c5cc(Cl)ccc5-n5cnnn5)cc(=O)n43)[nH]2)s1. The predicted molar refractivity (Wildman–Crippen MR) is 124 cm³/mol. The maximum atomic E-state index is 13.3. The number of fused-ring (bicyclic) bond motifs is 1. The number of benzene rings is 1. The van der Waals surface area contributed by atoms with Gasteiger partial charge < -0.3 is 15.3 Å². The summed E-state index contributed by atoms with van der Waals surface area (Å²) in [5.41, 5.74) is 9.70. The van der Waals surface area contributed by atoms with Gasteiger partial charge in [-0.2, -0.15) is 4.68 Å². The van der Waals surface area contributed by atoms with Gasteiger partial charge in [-0.3, -0.25) is 4.79 Å². The number of aryl methyl sites for hydroxylation is 1. The summed E-state index contributed by atoms with van der Waals surface area (Å²) in [7, 11) is 0. The van der Waals surface area contributed by atoms with E-state index in [1.165, 1.54) is 17.7 Å². The Kier molecular flexibility index (Phi) is 4.59. The van der Waals surface area contributed by atoms with Gasteiger partial charge in [0.25, 0.3) is 5.56 Å². The highest BCUT2D eigenvalue weighted by molar-refractivity contribution is 7.18. The fourth-order valence-corrected chi connectivity index (χ4v) is 5.09. The molecule has 5 heterocycles. The Balaban J connectivity index is 1.40. The number of thiazole rings is 1. The molecule has 0 aliphatic carbocycles. The first-order chi connectivity index (χ1) is 16.1. The Hall–Kier alpha value is -3.83. The summed E-state index contributed by atoms with van der Waals surface area (Å²) in [6.07, 6.45) is 6.49. The molecular weight excluding hydrogens is 462 g/mol. The Morgan fingerprint density at radius 1 is 1.18 bits per heavy atom. The number of nitrogens with zero attached hydrogens (tertiary/aromatic N) is 7. The van der Waals surface area contributed by atoms with Crippen LogP contribution in [0.25, 0.3) is 27.4 Å². The first-order valence-electron chi connectivity index (χ1n) is 10.1. The van der Waals surface area contributed by atoms with Crippen LogP contribution in [0.1, 0.15) is 24.0 Å². The maximum absolute atomic E-state index is 13.3. The molecule has 1 aromatic carbocycles. The number of anilines is 1. The molecule has 6 rings (SSSR count).